The first-order valence-corrected chi connectivity index (χ1v) is 13.5. The third kappa shape index (κ3) is 6.13. The lowest BCUT2D eigenvalue weighted by Gasteiger charge is -2.37. The maximum atomic E-state index is 13.1. The SMILES string of the molecule is NC(=O)C(C(=O)Nc1c(Cl)cc(N)cc1Cl)N1CCN(Cc2nc(-c3ccccc3)c(-c3ccccc3)o2)CC1. The molecule has 0 spiro atoms. The Morgan fingerprint density at radius 2 is 1.50 bits per heavy atom. The van der Waals surface area contributed by atoms with E-state index >= 15 is 0 Å². The van der Waals surface area contributed by atoms with Gasteiger partial charge in [-0.3, -0.25) is 19.4 Å². The first-order valence-electron chi connectivity index (χ1n) is 12.7. The number of piperazine rings is 1. The van der Waals surface area contributed by atoms with Crippen molar-refractivity contribution in [2.45, 2.75) is 12.6 Å². The minimum atomic E-state index is -1.19. The highest BCUT2D eigenvalue weighted by Crippen LogP contribution is 2.34. The Labute approximate surface area is 241 Å². The van der Waals surface area contributed by atoms with Crippen LogP contribution in [-0.2, 0) is 16.1 Å². The van der Waals surface area contributed by atoms with Crippen LogP contribution in [0.5, 0.6) is 0 Å². The molecule has 0 aliphatic carbocycles. The van der Waals surface area contributed by atoms with E-state index in [2.05, 4.69) is 10.2 Å². The molecule has 0 saturated carbocycles. The summed E-state index contributed by atoms with van der Waals surface area (Å²) in [5.74, 6) is -0.0718. The average molecular weight is 579 g/mol. The van der Waals surface area contributed by atoms with E-state index in [1.165, 1.54) is 12.1 Å². The van der Waals surface area contributed by atoms with Crippen molar-refractivity contribution in [1.29, 1.82) is 0 Å². The molecule has 4 aromatic rings. The van der Waals surface area contributed by atoms with E-state index in [9.17, 15) is 9.59 Å². The summed E-state index contributed by atoms with van der Waals surface area (Å²) in [6.45, 7) is 2.49. The van der Waals surface area contributed by atoms with Gasteiger partial charge in [0.05, 0.1) is 22.3 Å². The van der Waals surface area contributed by atoms with Gasteiger partial charge in [0.1, 0.15) is 5.69 Å². The molecule has 5 N–H and O–H groups in total. The molecule has 1 saturated heterocycles. The number of hydrogen-bond acceptors (Lipinski definition) is 7. The normalized spacial score (nSPS) is 15.1. The van der Waals surface area contributed by atoms with Crippen LogP contribution < -0.4 is 16.8 Å². The van der Waals surface area contributed by atoms with Crippen LogP contribution in [0.15, 0.2) is 77.2 Å². The number of carbonyl (C=O) groups is 2. The first kappa shape index (κ1) is 27.7. The van der Waals surface area contributed by atoms with Crippen LogP contribution in [0.2, 0.25) is 10.0 Å². The standard InChI is InChI=1S/C29H28Cl2N6O3/c30-21-15-20(32)16-22(31)25(21)35-29(39)26(28(33)38)37-13-11-36(12-14-37)17-23-34-24(18-7-3-1-4-8-18)27(40-23)19-9-5-2-6-10-19/h1-10,15-16,26H,11-14,17,32H2,(H2,33,38)(H,35,39). The second-order valence-electron chi connectivity index (χ2n) is 9.48. The molecule has 206 valence electrons. The van der Waals surface area contributed by atoms with E-state index in [0.717, 1.165) is 16.8 Å². The Kier molecular flexibility index (Phi) is 8.37. The Balaban J connectivity index is 1.28. The van der Waals surface area contributed by atoms with Crippen LogP contribution >= 0.6 is 23.2 Å². The number of oxazole rings is 1. The second kappa shape index (κ2) is 12.1. The van der Waals surface area contributed by atoms with Gasteiger partial charge in [-0.15, -0.1) is 0 Å². The van der Waals surface area contributed by atoms with Crippen molar-refractivity contribution in [3.8, 4) is 22.6 Å². The summed E-state index contributed by atoms with van der Waals surface area (Å²) in [6, 6.07) is 21.5. The summed E-state index contributed by atoms with van der Waals surface area (Å²) in [4.78, 5) is 34.2. The summed E-state index contributed by atoms with van der Waals surface area (Å²) in [5.41, 5.74) is 14.6. The summed E-state index contributed by atoms with van der Waals surface area (Å²) >= 11 is 12.4. The van der Waals surface area contributed by atoms with Gasteiger partial charge in [0.25, 0.3) is 5.91 Å². The van der Waals surface area contributed by atoms with Crippen molar-refractivity contribution < 1.29 is 14.0 Å². The zero-order valence-corrected chi connectivity index (χ0v) is 23.0. The zero-order valence-electron chi connectivity index (χ0n) is 21.5. The van der Waals surface area contributed by atoms with E-state index in [4.69, 9.17) is 44.1 Å². The van der Waals surface area contributed by atoms with Gasteiger partial charge in [-0.2, -0.15) is 0 Å². The van der Waals surface area contributed by atoms with Crippen molar-refractivity contribution in [3.63, 3.8) is 0 Å². The number of amides is 2. The van der Waals surface area contributed by atoms with E-state index < -0.39 is 17.9 Å². The predicted molar refractivity (Wildman–Crippen MR) is 157 cm³/mol. The van der Waals surface area contributed by atoms with Crippen molar-refractivity contribution in [1.82, 2.24) is 14.8 Å². The highest BCUT2D eigenvalue weighted by Gasteiger charge is 2.34. The number of primary amides is 1. The molecule has 2 heterocycles. The largest absolute Gasteiger partial charge is 0.439 e. The number of nitrogens with one attached hydrogen (secondary N) is 1. The minimum Gasteiger partial charge on any atom is -0.439 e. The van der Waals surface area contributed by atoms with E-state index in [0.29, 0.717) is 50.1 Å². The van der Waals surface area contributed by atoms with Crippen molar-refractivity contribution >= 4 is 46.4 Å². The molecule has 5 rings (SSSR count). The number of nitrogens with two attached hydrogens (primary N) is 2. The molecule has 1 fully saturated rings. The van der Waals surface area contributed by atoms with Crippen molar-refractivity contribution in [2.24, 2.45) is 5.73 Å². The maximum Gasteiger partial charge on any atom is 0.251 e. The fraction of sp³-hybridized carbons (Fsp3) is 0.207. The summed E-state index contributed by atoms with van der Waals surface area (Å²) in [5, 5.41) is 2.97. The second-order valence-corrected chi connectivity index (χ2v) is 10.3. The molecule has 1 unspecified atom stereocenters. The third-order valence-electron chi connectivity index (χ3n) is 6.72. The Morgan fingerprint density at radius 3 is 2.08 bits per heavy atom. The van der Waals surface area contributed by atoms with Gasteiger partial charge in [-0.1, -0.05) is 83.9 Å². The monoisotopic (exact) mass is 578 g/mol. The van der Waals surface area contributed by atoms with Crippen LogP contribution in [0.4, 0.5) is 11.4 Å². The molecule has 2 amide bonds. The van der Waals surface area contributed by atoms with Crippen LogP contribution in [0.3, 0.4) is 0 Å². The third-order valence-corrected chi connectivity index (χ3v) is 7.31. The molecule has 9 nitrogen and oxygen atoms in total. The lowest BCUT2D eigenvalue weighted by molar-refractivity contribution is -0.133. The smallest absolute Gasteiger partial charge is 0.251 e. The van der Waals surface area contributed by atoms with Gasteiger partial charge in [0.15, 0.2) is 11.8 Å². The number of carbonyl (C=O) groups excluding carboxylic acids is 2. The number of nitrogen functional groups attached to an aromatic ring is 1. The molecule has 3 aromatic carbocycles. The van der Waals surface area contributed by atoms with Gasteiger partial charge < -0.3 is 21.2 Å². The fourth-order valence-corrected chi connectivity index (χ4v) is 5.36. The maximum absolute atomic E-state index is 13.1. The van der Waals surface area contributed by atoms with Crippen LogP contribution in [0.25, 0.3) is 22.6 Å². The molecular formula is C29H28Cl2N6O3. The number of anilines is 2. The highest BCUT2D eigenvalue weighted by molar-refractivity contribution is 6.40. The van der Waals surface area contributed by atoms with Crippen LogP contribution in [0, 0.1) is 0 Å². The van der Waals surface area contributed by atoms with Crippen molar-refractivity contribution in [2.75, 3.05) is 37.2 Å². The predicted octanol–water partition coefficient (Wildman–Crippen LogP) is 4.51. The van der Waals surface area contributed by atoms with Crippen LogP contribution in [0.1, 0.15) is 5.89 Å². The highest BCUT2D eigenvalue weighted by atomic mass is 35.5. The molecule has 0 bridgehead atoms. The Bertz CT molecular complexity index is 1420. The van der Waals surface area contributed by atoms with Gasteiger partial charge in [0.2, 0.25) is 11.8 Å². The van der Waals surface area contributed by atoms with Crippen molar-refractivity contribution in [3.05, 3.63) is 88.7 Å². The van der Waals surface area contributed by atoms with Gasteiger partial charge in [0, 0.05) is 43.0 Å². The number of nitrogens with zero attached hydrogens (tertiary/aromatic N) is 3. The fourth-order valence-electron chi connectivity index (χ4n) is 4.76. The molecule has 40 heavy (non-hydrogen) atoms. The van der Waals surface area contributed by atoms with Crippen LogP contribution in [-0.4, -0.2) is 58.8 Å². The Hall–Kier alpha value is -3.89. The van der Waals surface area contributed by atoms with E-state index in [1.807, 2.05) is 60.7 Å². The average Bonchev–Trinajstić information content (AvgIpc) is 3.36. The summed E-state index contributed by atoms with van der Waals surface area (Å²) in [7, 11) is 0. The molecule has 1 aliphatic heterocycles. The number of benzene rings is 3. The summed E-state index contributed by atoms with van der Waals surface area (Å²) < 4.78 is 6.27. The molecule has 11 heteroatoms. The van der Waals surface area contributed by atoms with E-state index in [-0.39, 0.29) is 15.7 Å². The number of halogens is 2. The summed E-state index contributed by atoms with van der Waals surface area (Å²) in [6.07, 6.45) is 0. The first-order chi connectivity index (χ1) is 19.3. The van der Waals surface area contributed by atoms with Gasteiger partial charge >= 0.3 is 0 Å². The number of aromatic nitrogens is 1. The molecule has 1 aromatic heterocycles. The quantitative estimate of drug-likeness (QED) is 0.207. The lowest BCUT2D eigenvalue weighted by atomic mass is 10.1. The zero-order chi connectivity index (χ0) is 28.2. The number of rotatable bonds is 8. The molecule has 1 atom stereocenters. The van der Waals surface area contributed by atoms with Gasteiger partial charge in [-0.05, 0) is 12.1 Å². The lowest BCUT2D eigenvalue weighted by Crippen LogP contribution is -2.58. The molecule has 0 radical (unpaired) electrons. The molecular weight excluding hydrogens is 551 g/mol. The number of hydrogen-bond donors (Lipinski definition) is 3. The topological polar surface area (TPSA) is 131 Å². The van der Waals surface area contributed by atoms with Gasteiger partial charge in [-0.25, -0.2) is 4.98 Å². The molecule has 1 aliphatic rings. The Morgan fingerprint density at radius 1 is 0.925 bits per heavy atom. The minimum absolute atomic E-state index is 0.169. The van der Waals surface area contributed by atoms with E-state index in [1.54, 1.807) is 4.90 Å².